The molecule has 2 aromatic rings. The molecule has 2 N–H and O–H groups in total. The molecule has 0 amide bonds. The van der Waals surface area contributed by atoms with Gasteiger partial charge in [0.25, 0.3) is 0 Å². The molecule has 2 aromatic heterocycles. The highest BCUT2D eigenvalue weighted by Gasteiger charge is 2.07. The predicted molar refractivity (Wildman–Crippen MR) is 81.9 cm³/mol. The molecule has 0 aliphatic rings. The van der Waals surface area contributed by atoms with Gasteiger partial charge in [-0.25, -0.2) is 4.98 Å². The van der Waals surface area contributed by atoms with Crippen molar-refractivity contribution in [1.29, 1.82) is 0 Å². The molecule has 0 aliphatic carbocycles. The summed E-state index contributed by atoms with van der Waals surface area (Å²) in [6, 6.07) is 4.25. The molecule has 2 rings (SSSR count). The maximum absolute atomic E-state index is 6.12. The molecular weight excluding hydrogens is 278 g/mol. The molecule has 104 valence electrons. The fourth-order valence-corrected chi connectivity index (χ4v) is 2.82. The van der Waals surface area contributed by atoms with Crippen molar-refractivity contribution < 1.29 is 0 Å². The van der Waals surface area contributed by atoms with Crippen molar-refractivity contribution in [3.63, 3.8) is 0 Å². The second-order valence-corrected chi connectivity index (χ2v) is 5.95. The summed E-state index contributed by atoms with van der Waals surface area (Å²) in [4.78, 5) is 9.06. The van der Waals surface area contributed by atoms with Gasteiger partial charge in [-0.1, -0.05) is 31.0 Å². The first-order valence-electron chi connectivity index (χ1n) is 6.76. The molecule has 5 heteroatoms. The number of hydrogen-bond donors (Lipinski definition) is 2. The monoisotopic (exact) mass is 297 g/mol. The Kier molecular flexibility index (Phi) is 5.89. The van der Waals surface area contributed by atoms with Crippen LogP contribution in [0.3, 0.4) is 0 Å². The Morgan fingerprint density at radius 1 is 1.42 bits per heavy atom. The molecule has 0 atom stereocenters. The topological polar surface area (TPSA) is 40.7 Å². The second kappa shape index (κ2) is 7.68. The lowest BCUT2D eigenvalue weighted by molar-refractivity contribution is 0.677. The number of aromatic nitrogens is 2. The molecule has 0 aromatic carbocycles. The first-order valence-corrected chi connectivity index (χ1v) is 8.01. The van der Waals surface area contributed by atoms with Gasteiger partial charge in [0, 0.05) is 24.4 Å². The fraction of sp³-hybridized carbons (Fsp3) is 0.500. The maximum atomic E-state index is 6.12. The molecule has 2 heterocycles. The number of unbranched alkanes of at least 4 members (excludes halogenated alkanes) is 1. The van der Waals surface area contributed by atoms with Crippen molar-refractivity contribution in [2.45, 2.75) is 39.2 Å². The number of thiophene rings is 1. The molecule has 0 aliphatic heterocycles. The minimum atomic E-state index is 0.606. The molecule has 0 spiro atoms. The van der Waals surface area contributed by atoms with Crippen LogP contribution in [-0.4, -0.2) is 16.5 Å². The predicted octanol–water partition coefficient (Wildman–Crippen LogP) is 3.80. The van der Waals surface area contributed by atoms with Crippen molar-refractivity contribution in [2.24, 2.45) is 0 Å². The van der Waals surface area contributed by atoms with Crippen LogP contribution in [-0.2, 0) is 19.4 Å². The maximum Gasteiger partial charge on any atom is 0.151 e. The van der Waals surface area contributed by atoms with E-state index < -0.39 is 0 Å². The molecule has 0 unspecified atom stereocenters. The number of aromatic amines is 1. The van der Waals surface area contributed by atoms with E-state index >= 15 is 0 Å². The van der Waals surface area contributed by atoms with Crippen molar-refractivity contribution in [1.82, 2.24) is 15.3 Å². The Bertz CT molecular complexity index is 479. The minimum Gasteiger partial charge on any atom is -0.344 e. The van der Waals surface area contributed by atoms with Crippen LogP contribution in [0.4, 0.5) is 0 Å². The SMILES string of the molecule is CCCCc1nc(Cl)c(CNCCc2cccs2)[nH]1. The van der Waals surface area contributed by atoms with E-state index in [-0.39, 0.29) is 0 Å². The number of rotatable bonds is 8. The lowest BCUT2D eigenvalue weighted by Crippen LogP contribution is -2.16. The van der Waals surface area contributed by atoms with Crippen molar-refractivity contribution in [3.05, 3.63) is 39.1 Å². The average molecular weight is 298 g/mol. The van der Waals surface area contributed by atoms with Gasteiger partial charge in [-0.15, -0.1) is 11.3 Å². The Morgan fingerprint density at radius 3 is 3.05 bits per heavy atom. The Balaban J connectivity index is 1.74. The van der Waals surface area contributed by atoms with Gasteiger partial charge in [0.05, 0.1) is 5.69 Å². The molecule has 0 saturated heterocycles. The van der Waals surface area contributed by atoms with Crippen molar-refractivity contribution >= 4 is 22.9 Å². The van der Waals surface area contributed by atoms with E-state index in [9.17, 15) is 0 Å². The highest BCUT2D eigenvalue weighted by Crippen LogP contribution is 2.14. The zero-order valence-electron chi connectivity index (χ0n) is 11.2. The highest BCUT2D eigenvalue weighted by atomic mass is 35.5. The average Bonchev–Trinajstić information content (AvgIpc) is 3.02. The summed E-state index contributed by atoms with van der Waals surface area (Å²) in [5, 5.41) is 6.12. The first-order chi connectivity index (χ1) is 9.29. The van der Waals surface area contributed by atoms with Gasteiger partial charge in [-0.3, -0.25) is 0 Å². The lowest BCUT2D eigenvalue weighted by atomic mass is 10.2. The van der Waals surface area contributed by atoms with E-state index in [1.165, 1.54) is 11.3 Å². The fourth-order valence-electron chi connectivity index (χ4n) is 1.90. The number of halogens is 1. The van der Waals surface area contributed by atoms with E-state index in [0.717, 1.165) is 43.9 Å². The van der Waals surface area contributed by atoms with Crippen LogP contribution in [0.1, 0.15) is 36.2 Å². The summed E-state index contributed by atoms with van der Waals surface area (Å²) in [7, 11) is 0. The number of nitrogens with one attached hydrogen (secondary N) is 2. The number of aryl methyl sites for hydroxylation is 1. The minimum absolute atomic E-state index is 0.606. The number of H-pyrrole nitrogens is 1. The zero-order valence-corrected chi connectivity index (χ0v) is 12.8. The van der Waals surface area contributed by atoms with Crippen LogP contribution in [0, 0.1) is 0 Å². The third-order valence-electron chi connectivity index (χ3n) is 2.97. The van der Waals surface area contributed by atoms with Crippen LogP contribution in [0.5, 0.6) is 0 Å². The number of imidazole rings is 1. The van der Waals surface area contributed by atoms with Gasteiger partial charge in [-0.2, -0.15) is 0 Å². The van der Waals surface area contributed by atoms with E-state index in [4.69, 9.17) is 11.6 Å². The van der Waals surface area contributed by atoms with Crippen LogP contribution in [0.15, 0.2) is 17.5 Å². The van der Waals surface area contributed by atoms with E-state index in [1.54, 1.807) is 11.3 Å². The summed E-state index contributed by atoms with van der Waals surface area (Å²) >= 11 is 7.92. The van der Waals surface area contributed by atoms with Gasteiger partial charge < -0.3 is 10.3 Å². The van der Waals surface area contributed by atoms with E-state index in [0.29, 0.717) is 5.15 Å². The van der Waals surface area contributed by atoms with Gasteiger partial charge in [0.2, 0.25) is 0 Å². The molecule has 0 bridgehead atoms. The van der Waals surface area contributed by atoms with Crippen molar-refractivity contribution in [2.75, 3.05) is 6.54 Å². The molecule has 0 fully saturated rings. The lowest BCUT2D eigenvalue weighted by Gasteiger charge is -2.02. The highest BCUT2D eigenvalue weighted by molar-refractivity contribution is 7.09. The summed E-state index contributed by atoms with van der Waals surface area (Å²) in [5.74, 6) is 1.00. The summed E-state index contributed by atoms with van der Waals surface area (Å²) in [5.41, 5.74) is 0.999. The Morgan fingerprint density at radius 2 is 2.32 bits per heavy atom. The van der Waals surface area contributed by atoms with E-state index in [1.807, 2.05) is 0 Å². The van der Waals surface area contributed by atoms with Crippen LogP contribution in [0.25, 0.3) is 0 Å². The summed E-state index contributed by atoms with van der Waals surface area (Å²) in [6.07, 6.45) is 4.36. The molecule has 0 saturated carbocycles. The Labute approximate surface area is 123 Å². The van der Waals surface area contributed by atoms with Gasteiger partial charge in [0.1, 0.15) is 5.82 Å². The Hall–Kier alpha value is -0.840. The third kappa shape index (κ3) is 4.64. The largest absolute Gasteiger partial charge is 0.344 e. The van der Waals surface area contributed by atoms with Gasteiger partial charge >= 0.3 is 0 Å². The quantitative estimate of drug-likeness (QED) is 0.728. The van der Waals surface area contributed by atoms with Crippen LogP contribution < -0.4 is 5.32 Å². The van der Waals surface area contributed by atoms with E-state index in [2.05, 4.69) is 39.7 Å². The second-order valence-electron chi connectivity index (χ2n) is 4.56. The third-order valence-corrected chi connectivity index (χ3v) is 4.22. The van der Waals surface area contributed by atoms with Gasteiger partial charge in [0.15, 0.2) is 5.15 Å². The normalized spacial score (nSPS) is 11.1. The molecule has 19 heavy (non-hydrogen) atoms. The first kappa shape index (κ1) is 14.6. The number of nitrogens with zero attached hydrogens (tertiary/aromatic N) is 1. The molecular formula is C14H20ClN3S. The summed E-state index contributed by atoms with van der Waals surface area (Å²) < 4.78 is 0. The summed E-state index contributed by atoms with van der Waals surface area (Å²) in [6.45, 7) is 3.89. The molecule has 3 nitrogen and oxygen atoms in total. The zero-order chi connectivity index (χ0) is 13.5. The smallest absolute Gasteiger partial charge is 0.151 e. The van der Waals surface area contributed by atoms with Crippen LogP contribution >= 0.6 is 22.9 Å². The van der Waals surface area contributed by atoms with Crippen LogP contribution in [0.2, 0.25) is 5.15 Å². The van der Waals surface area contributed by atoms with Crippen molar-refractivity contribution in [3.8, 4) is 0 Å². The van der Waals surface area contributed by atoms with Gasteiger partial charge in [-0.05, 0) is 24.3 Å². The standard InChI is InChI=1S/C14H20ClN3S/c1-2-3-6-13-17-12(14(15)18-13)10-16-8-7-11-5-4-9-19-11/h4-5,9,16H,2-3,6-8,10H2,1H3,(H,17,18). The number of hydrogen-bond acceptors (Lipinski definition) is 3. The molecule has 0 radical (unpaired) electrons.